The molecule has 1 aromatic heterocycles. The summed E-state index contributed by atoms with van der Waals surface area (Å²) in [7, 11) is 0. The van der Waals surface area contributed by atoms with Gasteiger partial charge >= 0.3 is 0 Å². The number of imidazole rings is 1. The molecule has 3 aromatic rings. The molecule has 0 radical (unpaired) electrons. The van der Waals surface area contributed by atoms with Gasteiger partial charge in [-0.15, -0.1) is 0 Å². The van der Waals surface area contributed by atoms with Gasteiger partial charge in [-0.1, -0.05) is 59.3 Å². The molecule has 0 saturated heterocycles. The van der Waals surface area contributed by atoms with E-state index in [0.29, 0.717) is 16.8 Å². The number of aromatic nitrogens is 2. The SMILES string of the molecule is CCC(C)(C)c1nc2cc(C#N)ccc2n1CC1CCCCC1.N#Cc1ccc(NCC2CCCCC2)c(N)c1. The highest BCUT2D eigenvalue weighted by molar-refractivity contribution is 5.78. The van der Waals surface area contributed by atoms with Crippen molar-refractivity contribution in [2.45, 2.75) is 103 Å². The summed E-state index contributed by atoms with van der Waals surface area (Å²) in [5, 5.41) is 21.3. The van der Waals surface area contributed by atoms with Crippen molar-refractivity contribution in [1.29, 1.82) is 10.5 Å². The quantitative estimate of drug-likeness (QED) is 0.294. The number of hydrogen-bond acceptors (Lipinski definition) is 5. The van der Waals surface area contributed by atoms with Crippen molar-refractivity contribution in [3.63, 3.8) is 0 Å². The van der Waals surface area contributed by atoms with Crippen LogP contribution < -0.4 is 11.1 Å². The maximum atomic E-state index is 9.16. The van der Waals surface area contributed by atoms with E-state index in [-0.39, 0.29) is 5.41 Å². The molecule has 212 valence electrons. The fourth-order valence-electron chi connectivity index (χ4n) is 6.13. The lowest BCUT2D eigenvalue weighted by atomic mass is 9.87. The molecule has 6 heteroatoms. The van der Waals surface area contributed by atoms with Crippen molar-refractivity contribution < 1.29 is 0 Å². The monoisotopic (exact) mass is 538 g/mol. The first-order valence-corrected chi connectivity index (χ1v) is 15.3. The second-order valence-corrected chi connectivity index (χ2v) is 12.4. The minimum Gasteiger partial charge on any atom is -0.397 e. The predicted octanol–water partition coefficient (Wildman–Crippen LogP) is 8.31. The Kier molecular flexibility index (Phi) is 10.1. The second-order valence-electron chi connectivity index (χ2n) is 12.4. The smallest absolute Gasteiger partial charge is 0.115 e. The average molecular weight is 539 g/mol. The second kappa shape index (κ2) is 13.7. The molecule has 40 heavy (non-hydrogen) atoms. The number of anilines is 2. The molecule has 0 spiro atoms. The zero-order chi connectivity index (χ0) is 28.5. The molecule has 0 aliphatic heterocycles. The lowest BCUT2D eigenvalue weighted by Crippen LogP contribution is -2.24. The van der Waals surface area contributed by atoms with E-state index in [1.54, 1.807) is 12.1 Å². The fourth-order valence-corrected chi connectivity index (χ4v) is 6.13. The minimum absolute atomic E-state index is 0.0560. The first kappa shape index (κ1) is 29.5. The molecule has 3 N–H and O–H groups in total. The first-order chi connectivity index (χ1) is 19.3. The van der Waals surface area contributed by atoms with Crippen LogP contribution in [0.15, 0.2) is 36.4 Å². The van der Waals surface area contributed by atoms with Crippen molar-refractivity contribution in [2.24, 2.45) is 11.8 Å². The molecule has 0 bridgehead atoms. The normalized spacial score (nSPS) is 16.5. The van der Waals surface area contributed by atoms with Gasteiger partial charge in [-0.25, -0.2) is 4.98 Å². The average Bonchev–Trinajstić information content (AvgIpc) is 3.36. The molecule has 1 heterocycles. The number of rotatable bonds is 7. The van der Waals surface area contributed by atoms with E-state index in [4.69, 9.17) is 21.2 Å². The van der Waals surface area contributed by atoms with Crippen LogP contribution in [0.1, 0.15) is 108 Å². The van der Waals surface area contributed by atoms with Crippen LogP contribution in [0, 0.1) is 34.5 Å². The third-order valence-electron chi connectivity index (χ3n) is 9.02. The van der Waals surface area contributed by atoms with Crippen LogP contribution in [0.5, 0.6) is 0 Å². The van der Waals surface area contributed by atoms with Crippen LogP contribution in [-0.4, -0.2) is 16.1 Å². The van der Waals surface area contributed by atoms with E-state index >= 15 is 0 Å². The summed E-state index contributed by atoms with van der Waals surface area (Å²) >= 11 is 0. The van der Waals surface area contributed by atoms with Crippen LogP contribution in [0.2, 0.25) is 0 Å². The molecule has 0 atom stereocenters. The van der Waals surface area contributed by atoms with Crippen molar-refractivity contribution in [1.82, 2.24) is 9.55 Å². The Bertz CT molecular complexity index is 1340. The van der Waals surface area contributed by atoms with Crippen LogP contribution in [0.25, 0.3) is 11.0 Å². The van der Waals surface area contributed by atoms with Gasteiger partial charge < -0.3 is 15.6 Å². The van der Waals surface area contributed by atoms with E-state index < -0.39 is 0 Å². The number of fused-ring (bicyclic) bond motifs is 1. The molecule has 2 fully saturated rings. The van der Waals surface area contributed by atoms with Crippen molar-refractivity contribution >= 4 is 22.4 Å². The Labute approximate surface area is 240 Å². The predicted molar refractivity (Wildman–Crippen MR) is 165 cm³/mol. The fraction of sp³-hybridized carbons (Fsp3) is 0.559. The van der Waals surface area contributed by atoms with E-state index in [0.717, 1.165) is 42.6 Å². The highest BCUT2D eigenvalue weighted by Gasteiger charge is 2.27. The molecule has 2 saturated carbocycles. The van der Waals surface area contributed by atoms with Gasteiger partial charge in [0.05, 0.1) is 45.7 Å². The highest BCUT2D eigenvalue weighted by atomic mass is 15.1. The number of nitrogen functional groups attached to an aromatic ring is 1. The first-order valence-electron chi connectivity index (χ1n) is 15.3. The third-order valence-corrected chi connectivity index (χ3v) is 9.02. The summed E-state index contributed by atoms with van der Waals surface area (Å²) in [4.78, 5) is 4.94. The summed E-state index contributed by atoms with van der Waals surface area (Å²) < 4.78 is 2.44. The molecule has 6 nitrogen and oxygen atoms in total. The molecule has 0 unspecified atom stereocenters. The number of nitrogens with zero attached hydrogens (tertiary/aromatic N) is 4. The summed E-state index contributed by atoms with van der Waals surface area (Å²) in [5.74, 6) is 2.72. The standard InChI is InChI=1S/C20H27N3.C14H19N3/c1-4-20(2,3)19-22-17-12-16(13-21)10-11-18(17)23(19)14-15-8-6-5-7-9-15;15-9-12-6-7-14(13(16)8-12)17-10-11-4-2-1-3-5-11/h10-12,15H,4-9,14H2,1-3H3;6-8,11,17H,1-5,10,16H2. The van der Waals surface area contributed by atoms with Crippen LogP contribution >= 0.6 is 0 Å². The van der Waals surface area contributed by atoms with Crippen molar-refractivity contribution in [3.05, 3.63) is 53.3 Å². The Hall–Kier alpha value is -3.51. The van der Waals surface area contributed by atoms with Gasteiger partial charge in [0.1, 0.15) is 5.82 Å². The largest absolute Gasteiger partial charge is 0.397 e. The molecule has 2 aliphatic carbocycles. The Morgan fingerprint density at radius 1 is 0.900 bits per heavy atom. The number of nitriles is 2. The van der Waals surface area contributed by atoms with Crippen LogP contribution in [0.3, 0.4) is 0 Å². The molecule has 5 rings (SSSR count). The van der Waals surface area contributed by atoms with Crippen molar-refractivity contribution in [3.8, 4) is 12.1 Å². The summed E-state index contributed by atoms with van der Waals surface area (Å²) in [6.07, 6.45) is 14.6. The maximum absolute atomic E-state index is 9.16. The zero-order valence-corrected chi connectivity index (χ0v) is 24.7. The van der Waals surface area contributed by atoms with Gasteiger partial charge in [0.25, 0.3) is 0 Å². The van der Waals surface area contributed by atoms with Gasteiger partial charge in [-0.05, 0) is 80.3 Å². The lowest BCUT2D eigenvalue weighted by Gasteiger charge is -2.27. The van der Waals surface area contributed by atoms with Gasteiger partial charge in [0, 0.05) is 18.5 Å². The maximum Gasteiger partial charge on any atom is 0.115 e. The number of nitrogens with two attached hydrogens (primary N) is 1. The summed E-state index contributed by atoms with van der Waals surface area (Å²) in [6, 6.07) is 15.7. The van der Waals surface area contributed by atoms with Gasteiger partial charge in [-0.3, -0.25) is 0 Å². The summed E-state index contributed by atoms with van der Waals surface area (Å²) in [5.41, 5.74) is 11.0. The van der Waals surface area contributed by atoms with Crippen LogP contribution in [0.4, 0.5) is 11.4 Å². The highest BCUT2D eigenvalue weighted by Crippen LogP contribution is 2.33. The molecule has 0 amide bonds. The van der Waals surface area contributed by atoms with E-state index in [1.807, 2.05) is 18.2 Å². The zero-order valence-electron chi connectivity index (χ0n) is 24.7. The lowest BCUT2D eigenvalue weighted by molar-refractivity contribution is 0.310. The molecular formula is C34H46N6. The third kappa shape index (κ3) is 7.36. The van der Waals surface area contributed by atoms with E-state index in [1.165, 1.54) is 75.5 Å². The molecule has 2 aliphatic rings. The van der Waals surface area contributed by atoms with Gasteiger partial charge in [-0.2, -0.15) is 10.5 Å². The van der Waals surface area contributed by atoms with Gasteiger partial charge in [0.2, 0.25) is 0 Å². The Morgan fingerprint density at radius 3 is 2.10 bits per heavy atom. The number of benzene rings is 2. The Morgan fingerprint density at radius 2 is 1.50 bits per heavy atom. The van der Waals surface area contributed by atoms with Crippen LogP contribution in [-0.2, 0) is 12.0 Å². The Balaban J connectivity index is 0.000000194. The van der Waals surface area contributed by atoms with E-state index in [2.05, 4.69) is 48.9 Å². The topological polar surface area (TPSA) is 103 Å². The van der Waals surface area contributed by atoms with E-state index in [9.17, 15) is 0 Å². The molecular weight excluding hydrogens is 492 g/mol. The number of hydrogen-bond donors (Lipinski definition) is 2. The number of nitrogens with one attached hydrogen (secondary N) is 1. The van der Waals surface area contributed by atoms with Crippen molar-refractivity contribution in [2.75, 3.05) is 17.6 Å². The van der Waals surface area contributed by atoms with Gasteiger partial charge in [0.15, 0.2) is 0 Å². The summed E-state index contributed by atoms with van der Waals surface area (Å²) in [6.45, 7) is 8.84. The molecule has 2 aromatic carbocycles. The minimum atomic E-state index is 0.0560.